The van der Waals surface area contributed by atoms with Gasteiger partial charge in [-0.3, -0.25) is 0 Å². The Hall–Kier alpha value is -2.75. The Morgan fingerprint density at radius 1 is 1.08 bits per heavy atom. The molecule has 3 aliphatic heterocycles. The lowest BCUT2D eigenvalue weighted by Crippen LogP contribution is -2.73. The van der Waals surface area contributed by atoms with Gasteiger partial charge < -0.3 is 29.3 Å². The molecule has 4 heterocycles. The number of fused-ring (bicyclic) bond motifs is 1. The van der Waals surface area contributed by atoms with Gasteiger partial charge in [0.2, 0.25) is 5.95 Å². The quantitative estimate of drug-likeness (QED) is 0.473. The number of anilines is 2. The number of carbonyl (C=O) groups excluding carboxylic acids is 1. The van der Waals surface area contributed by atoms with E-state index in [2.05, 4.69) is 19.7 Å². The van der Waals surface area contributed by atoms with E-state index >= 15 is 0 Å². The molecule has 0 radical (unpaired) electrons. The highest BCUT2D eigenvalue weighted by Gasteiger charge is 2.55. The molecule has 1 amide bonds. The van der Waals surface area contributed by atoms with E-state index in [0.29, 0.717) is 24.7 Å². The second kappa shape index (κ2) is 9.71. The van der Waals surface area contributed by atoms with Crippen molar-refractivity contribution in [1.29, 1.82) is 0 Å². The van der Waals surface area contributed by atoms with Crippen LogP contribution in [-0.2, 0) is 11.3 Å². The molecule has 0 unspecified atom stereocenters. The molecule has 0 atom stereocenters. The highest BCUT2D eigenvalue weighted by atomic mass is 35.5. The van der Waals surface area contributed by atoms with Gasteiger partial charge in [0.05, 0.1) is 22.8 Å². The van der Waals surface area contributed by atoms with Gasteiger partial charge >= 0.3 is 6.09 Å². The van der Waals surface area contributed by atoms with Crippen LogP contribution in [0, 0.1) is 11.2 Å². The summed E-state index contributed by atoms with van der Waals surface area (Å²) in [5, 5.41) is 4.14. The number of rotatable bonds is 4. The van der Waals surface area contributed by atoms with Crippen LogP contribution in [0.3, 0.4) is 0 Å². The third-order valence-electron chi connectivity index (χ3n) is 7.60. The summed E-state index contributed by atoms with van der Waals surface area (Å²) in [5.74, 6) is 0.398. The molecule has 0 aliphatic carbocycles. The Morgan fingerprint density at radius 3 is 2.46 bits per heavy atom. The molecule has 39 heavy (non-hydrogen) atoms. The molecule has 208 valence electrons. The van der Waals surface area contributed by atoms with Gasteiger partial charge in [-0.25, -0.2) is 14.2 Å². The zero-order chi connectivity index (χ0) is 27.5. The van der Waals surface area contributed by atoms with Crippen molar-refractivity contribution in [3.05, 3.63) is 51.8 Å². The molecule has 11 heteroatoms. The molecule has 6 rings (SSSR count). The predicted molar refractivity (Wildman–Crippen MR) is 153 cm³/mol. The van der Waals surface area contributed by atoms with Crippen molar-refractivity contribution >= 4 is 52.0 Å². The molecule has 3 aliphatic rings. The van der Waals surface area contributed by atoms with E-state index in [1.807, 2.05) is 32.9 Å². The maximum Gasteiger partial charge on any atom is 0.410 e. The lowest BCUT2D eigenvalue weighted by molar-refractivity contribution is -0.0457. The molecule has 8 nitrogen and oxygen atoms in total. The van der Waals surface area contributed by atoms with Crippen LogP contribution in [0.4, 0.5) is 20.8 Å². The van der Waals surface area contributed by atoms with Crippen LogP contribution in [0.25, 0.3) is 11.0 Å². The van der Waals surface area contributed by atoms with Crippen LogP contribution in [0.15, 0.2) is 30.3 Å². The summed E-state index contributed by atoms with van der Waals surface area (Å²) in [6.07, 6.45) is -0.262. The number of piperazine rings is 1. The first-order valence-electron chi connectivity index (χ1n) is 13.3. The SMILES string of the molecule is CC(C)(C)OC(=O)N1CC2(C1)CN(c1nc3c(N4CCNCC4)cc(Cl)cc3n1Cc1ccc(F)c(Cl)c1)C2. The van der Waals surface area contributed by atoms with Gasteiger partial charge in [0.25, 0.3) is 0 Å². The number of aromatic nitrogens is 2. The van der Waals surface area contributed by atoms with Crippen molar-refractivity contribution in [2.45, 2.75) is 32.9 Å². The van der Waals surface area contributed by atoms with Crippen molar-refractivity contribution in [2.24, 2.45) is 5.41 Å². The van der Waals surface area contributed by atoms with E-state index in [4.69, 9.17) is 32.9 Å². The first-order chi connectivity index (χ1) is 18.5. The number of nitrogens with one attached hydrogen (secondary N) is 1. The minimum atomic E-state index is -0.511. The van der Waals surface area contributed by atoms with Crippen molar-refractivity contribution in [2.75, 3.05) is 62.2 Å². The minimum absolute atomic E-state index is 0.0397. The van der Waals surface area contributed by atoms with Crippen molar-refractivity contribution in [3.8, 4) is 0 Å². The molecule has 1 spiro atoms. The Bertz CT molecular complexity index is 1420. The summed E-state index contributed by atoms with van der Waals surface area (Å²) >= 11 is 12.8. The van der Waals surface area contributed by atoms with Crippen molar-refractivity contribution in [3.63, 3.8) is 0 Å². The van der Waals surface area contributed by atoms with Crippen LogP contribution in [0.5, 0.6) is 0 Å². The second-order valence-electron chi connectivity index (χ2n) is 12.0. The average Bonchev–Trinajstić information content (AvgIpc) is 3.16. The van der Waals surface area contributed by atoms with Gasteiger partial charge in [-0.05, 0) is 50.6 Å². The minimum Gasteiger partial charge on any atom is -0.444 e. The summed E-state index contributed by atoms with van der Waals surface area (Å²) < 4.78 is 21.6. The van der Waals surface area contributed by atoms with Gasteiger partial charge in [-0.1, -0.05) is 29.3 Å². The number of halogens is 3. The van der Waals surface area contributed by atoms with Crippen LogP contribution in [0.2, 0.25) is 10.0 Å². The van der Waals surface area contributed by atoms with Crippen LogP contribution < -0.4 is 15.1 Å². The number of benzene rings is 2. The number of likely N-dealkylation sites (tertiary alicyclic amines) is 1. The normalized spacial score (nSPS) is 18.9. The molecule has 1 aromatic heterocycles. The van der Waals surface area contributed by atoms with Crippen molar-refractivity contribution < 1.29 is 13.9 Å². The Morgan fingerprint density at radius 2 is 1.79 bits per heavy atom. The molecule has 1 N–H and O–H groups in total. The smallest absolute Gasteiger partial charge is 0.410 e. The zero-order valence-electron chi connectivity index (χ0n) is 22.4. The maximum absolute atomic E-state index is 13.9. The van der Waals surface area contributed by atoms with Gasteiger partial charge in [-0.2, -0.15) is 0 Å². The maximum atomic E-state index is 13.9. The lowest BCUT2D eigenvalue weighted by atomic mass is 9.73. The van der Waals surface area contributed by atoms with E-state index in [9.17, 15) is 9.18 Å². The van der Waals surface area contributed by atoms with E-state index in [1.54, 1.807) is 17.0 Å². The third-order valence-corrected chi connectivity index (χ3v) is 8.11. The Labute approximate surface area is 237 Å². The summed E-state index contributed by atoms with van der Waals surface area (Å²) in [6, 6.07) is 8.76. The van der Waals surface area contributed by atoms with Crippen LogP contribution >= 0.6 is 23.2 Å². The van der Waals surface area contributed by atoms with E-state index in [1.165, 1.54) is 6.07 Å². The Balaban J connectivity index is 1.31. The average molecular weight is 576 g/mol. The molecule has 0 bridgehead atoms. The zero-order valence-corrected chi connectivity index (χ0v) is 23.9. The Kier molecular flexibility index (Phi) is 6.59. The summed E-state index contributed by atoms with van der Waals surface area (Å²) in [6.45, 7) is 12.6. The topological polar surface area (TPSA) is 65.9 Å². The van der Waals surface area contributed by atoms with Crippen LogP contribution in [0.1, 0.15) is 26.3 Å². The number of ether oxygens (including phenoxy) is 1. The lowest BCUT2D eigenvalue weighted by Gasteiger charge is -2.59. The number of hydrogen-bond acceptors (Lipinski definition) is 6. The first-order valence-corrected chi connectivity index (χ1v) is 14.1. The fourth-order valence-electron chi connectivity index (χ4n) is 5.85. The highest BCUT2D eigenvalue weighted by Crippen LogP contribution is 2.44. The largest absolute Gasteiger partial charge is 0.444 e. The standard InChI is InChI=1S/C28H33Cl2FN6O2/c1-27(2,3)39-26(38)36-16-28(17-36)14-35(15-28)25-33-24-22(34-8-6-32-7-9-34)11-19(29)12-23(24)37(25)13-18-4-5-21(31)20(30)10-18/h4-5,10-12,32H,6-9,13-17H2,1-3H3. The highest BCUT2D eigenvalue weighted by molar-refractivity contribution is 6.32. The molecule has 2 aromatic carbocycles. The number of hydrogen-bond donors (Lipinski definition) is 1. The van der Waals surface area contributed by atoms with E-state index < -0.39 is 11.4 Å². The molecule has 0 saturated carbocycles. The van der Waals surface area contributed by atoms with Gasteiger partial charge in [0.15, 0.2) is 0 Å². The number of carbonyl (C=O) groups is 1. The second-order valence-corrected chi connectivity index (χ2v) is 12.8. The summed E-state index contributed by atoms with van der Waals surface area (Å²) in [5.41, 5.74) is 3.25. The number of imidazole rings is 1. The first kappa shape index (κ1) is 26.5. The van der Waals surface area contributed by atoms with Crippen LogP contribution in [-0.4, -0.2) is 78.5 Å². The fourth-order valence-corrected chi connectivity index (χ4v) is 6.26. The van der Waals surface area contributed by atoms with Gasteiger partial charge in [0.1, 0.15) is 16.9 Å². The third kappa shape index (κ3) is 5.12. The molecular weight excluding hydrogens is 542 g/mol. The fraction of sp³-hybridized carbons (Fsp3) is 0.500. The van der Waals surface area contributed by atoms with Gasteiger partial charge in [0, 0.05) is 62.8 Å². The molecule has 3 fully saturated rings. The summed E-state index contributed by atoms with van der Waals surface area (Å²) in [7, 11) is 0. The monoisotopic (exact) mass is 574 g/mol. The molecule has 3 saturated heterocycles. The molecule has 3 aromatic rings. The number of nitrogens with zero attached hydrogens (tertiary/aromatic N) is 5. The van der Waals surface area contributed by atoms with E-state index in [0.717, 1.165) is 67.5 Å². The number of amides is 1. The van der Waals surface area contributed by atoms with Gasteiger partial charge in [-0.15, -0.1) is 0 Å². The van der Waals surface area contributed by atoms with Crippen molar-refractivity contribution in [1.82, 2.24) is 19.8 Å². The predicted octanol–water partition coefficient (Wildman–Crippen LogP) is 5.00. The molecular formula is C28H33Cl2FN6O2. The summed E-state index contributed by atoms with van der Waals surface area (Å²) in [4.78, 5) is 24.0. The van der Waals surface area contributed by atoms with E-state index in [-0.39, 0.29) is 16.5 Å².